The van der Waals surface area contributed by atoms with Crippen molar-refractivity contribution in [1.82, 2.24) is 4.98 Å². The molecule has 5 rings (SSSR count). The van der Waals surface area contributed by atoms with Gasteiger partial charge < -0.3 is 15.0 Å². The molecule has 3 unspecified atom stereocenters. The summed E-state index contributed by atoms with van der Waals surface area (Å²) in [5, 5.41) is 10.1. The van der Waals surface area contributed by atoms with Gasteiger partial charge in [0.2, 0.25) is 0 Å². The second kappa shape index (κ2) is 8.16. The SMILES string of the molecule is CC1C(c2ccc3[nH]cc(NC(=O)C4(C)CCCO4)c3c2)C=NN1c1ccc(C(F)(F)F)cc1. The van der Waals surface area contributed by atoms with Gasteiger partial charge in [0.25, 0.3) is 5.91 Å². The zero-order chi connectivity index (χ0) is 24.1. The van der Waals surface area contributed by atoms with Crippen LogP contribution < -0.4 is 10.3 Å². The number of carbonyl (C=O) groups excluding carboxylic acids is 1. The van der Waals surface area contributed by atoms with Crippen LogP contribution in [0, 0.1) is 0 Å². The molecule has 0 radical (unpaired) electrons. The molecule has 3 atom stereocenters. The van der Waals surface area contributed by atoms with Crippen LogP contribution >= 0.6 is 0 Å². The van der Waals surface area contributed by atoms with Crippen LogP contribution in [-0.2, 0) is 15.7 Å². The first-order valence-corrected chi connectivity index (χ1v) is 11.2. The van der Waals surface area contributed by atoms with Crippen molar-refractivity contribution in [2.75, 3.05) is 16.9 Å². The van der Waals surface area contributed by atoms with E-state index in [0.717, 1.165) is 35.0 Å². The van der Waals surface area contributed by atoms with E-state index in [9.17, 15) is 18.0 Å². The van der Waals surface area contributed by atoms with Crippen molar-refractivity contribution >= 4 is 34.4 Å². The number of benzene rings is 2. The molecule has 0 spiro atoms. The van der Waals surface area contributed by atoms with Crippen molar-refractivity contribution in [2.24, 2.45) is 5.10 Å². The molecule has 0 bridgehead atoms. The summed E-state index contributed by atoms with van der Waals surface area (Å²) in [6, 6.07) is 10.9. The molecule has 2 aromatic carbocycles. The van der Waals surface area contributed by atoms with E-state index >= 15 is 0 Å². The third-order valence-corrected chi connectivity index (χ3v) is 6.75. The predicted octanol–water partition coefficient (Wildman–Crippen LogP) is 5.67. The van der Waals surface area contributed by atoms with Crippen LogP contribution in [0.2, 0.25) is 0 Å². The normalized spacial score (nSPS) is 24.8. The molecular formula is C25H25F3N4O2. The van der Waals surface area contributed by atoms with Gasteiger partial charge in [-0.3, -0.25) is 9.80 Å². The van der Waals surface area contributed by atoms with Crippen molar-refractivity contribution < 1.29 is 22.7 Å². The van der Waals surface area contributed by atoms with E-state index in [4.69, 9.17) is 4.74 Å². The Morgan fingerprint density at radius 3 is 2.68 bits per heavy atom. The molecule has 3 heterocycles. The lowest BCUT2D eigenvalue weighted by Crippen LogP contribution is -2.39. The molecule has 0 saturated carbocycles. The summed E-state index contributed by atoms with van der Waals surface area (Å²) in [6.45, 7) is 4.37. The molecular weight excluding hydrogens is 445 g/mol. The average molecular weight is 470 g/mol. The molecule has 1 saturated heterocycles. The minimum absolute atomic E-state index is 0.0687. The number of aromatic amines is 1. The number of anilines is 2. The Hall–Kier alpha value is -3.33. The molecule has 34 heavy (non-hydrogen) atoms. The highest BCUT2D eigenvalue weighted by atomic mass is 19.4. The number of aromatic nitrogens is 1. The number of fused-ring (bicyclic) bond motifs is 1. The second-order valence-corrected chi connectivity index (χ2v) is 9.06. The van der Waals surface area contributed by atoms with Gasteiger partial charge >= 0.3 is 6.18 Å². The van der Waals surface area contributed by atoms with E-state index in [0.29, 0.717) is 24.4 Å². The summed E-state index contributed by atoms with van der Waals surface area (Å²) in [4.78, 5) is 16.0. The maximum absolute atomic E-state index is 12.9. The summed E-state index contributed by atoms with van der Waals surface area (Å²) in [5.41, 5.74) is 1.65. The highest BCUT2D eigenvalue weighted by molar-refractivity contribution is 6.05. The largest absolute Gasteiger partial charge is 0.416 e. The third-order valence-electron chi connectivity index (χ3n) is 6.75. The first kappa shape index (κ1) is 22.5. The topological polar surface area (TPSA) is 69.7 Å². The van der Waals surface area contributed by atoms with Gasteiger partial charge in [0, 0.05) is 35.8 Å². The summed E-state index contributed by atoms with van der Waals surface area (Å²) in [5.74, 6) is -0.235. The fraction of sp³-hybridized carbons (Fsp3) is 0.360. The zero-order valence-corrected chi connectivity index (χ0v) is 18.8. The maximum Gasteiger partial charge on any atom is 0.416 e. The number of nitrogens with one attached hydrogen (secondary N) is 2. The number of carbonyl (C=O) groups is 1. The number of hydrogen-bond acceptors (Lipinski definition) is 4. The molecule has 2 N–H and O–H groups in total. The van der Waals surface area contributed by atoms with Crippen LogP contribution in [0.25, 0.3) is 10.9 Å². The molecule has 0 aliphatic carbocycles. The van der Waals surface area contributed by atoms with Gasteiger partial charge in [-0.15, -0.1) is 0 Å². The number of halogens is 3. The number of nitrogens with zero attached hydrogens (tertiary/aromatic N) is 2. The zero-order valence-electron chi connectivity index (χ0n) is 18.8. The predicted molar refractivity (Wildman–Crippen MR) is 125 cm³/mol. The standard InChI is InChI=1S/C25H25F3N4O2/c1-15-20(13-30-32(15)18-7-5-17(6-8-18)25(26,27)28)16-4-9-21-19(12-16)22(14-29-21)31-23(33)24(2)10-3-11-34-24/h4-9,12-15,20,29H,3,10-11H2,1-2H3,(H,31,33). The van der Waals surface area contributed by atoms with E-state index in [2.05, 4.69) is 15.4 Å². The lowest BCUT2D eigenvalue weighted by molar-refractivity contribution is -0.137. The van der Waals surface area contributed by atoms with Crippen LogP contribution in [0.1, 0.15) is 43.7 Å². The van der Waals surface area contributed by atoms with Crippen molar-refractivity contribution in [1.29, 1.82) is 0 Å². The van der Waals surface area contributed by atoms with E-state index in [-0.39, 0.29) is 17.9 Å². The Morgan fingerprint density at radius 1 is 1.24 bits per heavy atom. The molecule has 1 amide bonds. The quantitative estimate of drug-likeness (QED) is 0.516. The summed E-state index contributed by atoms with van der Waals surface area (Å²) in [6.07, 6.45) is 0.743. The lowest BCUT2D eigenvalue weighted by Gasteiger charge is -2.25. The molecule has 3 aromatic rings. The highest BCUT2D eigenvalue weighted by Crippen LogP contribution is 2.36. The third kappa shape index (κ3) is 3.94. The molecule has 2 aliphatic heterocycles. The number of hydrogen-bond donors (Lipinski definition) is 2. The summed E-state index contributed by atoms with van der Waals surface area (Å²) < 4.78 is 44.4. The minimum Gasteiger partial charge on any atom is -0.365 e. The fourth-order valence-corrected chi connectivity index (χ4v) is 4.66. The minimum atomic E-state index is -4.37. The average Bonchev–Trinajstić information content (AvgIpc) is 3.52. The maximum atomic E-state index is 12.9. The van der Waals surface area contributed by atoms with Crippen molar-refractivity contribution in [3.8, 4) is 0 Å². The fourth-order valence-electron chi connectivity index (χ4n) is 4.66. The Kier molecular flexibility index (Phi) is 5.39. The Balaban J connectivity index is 1.37. The number of alkyl halides is 3. The van der Waals surface area contributed by atoms with Crippen molar-refractivity contribution in [2.45, 2.75) is 50.4 Å². The van der Waals surface area contributed by atoms with E-state index in [1.54, 1.807) is 11.2 Å². The number of ether oxygens (including phenoxy) is 1. The summed E-state index contributed by atoms with van der Waals surface area (Å²) in [7, 11) is 0. The Labute approximate surface area is 194 Å². The van der Waals surface area contributed by atoms with Crippen LogP contribution in [0.5, 0.6) is 0 Å². The van der Waals surface area contributed by atoms with Gasteiger partial charge in [0.05, 0.1) is 23.0 Å². The van der Waals surface area contributed by atoms with E-state index in [1.807, 2.05) is 38.3 Å². The molecule has 1 fully saturated rings. The number of rotatable bonds is 4. The number of amides is 1. The van der Waals surface area contributed by atoms with Crippen LogP contribution in [0.15, 0.2) is 53.8 Å². The van der Waals surface area contributed by atoms with Crippen LogP contribution in [0.3, 0.4) is 0 Å². The highest BCUT2D eigenvalue weighted by Gasteiger charge is 2.38. The molecule has 1 aromatic heterocycles. The van der Waals surface area contributed by atoms with Gasteiger partial charge in [-0.1, -0.05) is 6.07 Å². The van der Waals surface area contributed by atoms with E-state index < -0.39 is 17.3 Å². The number of hydrazone groups is 1. The smallest absolute Gasteiger partial charge is 0.365 e. The number of H-pyrrole nitrogens is 1. The lowest BCUT2D eigenvalue weighted by atomic mass is 9.93. The molecule has 9 heteroatoms. The Bertz CT molecular complexity index is 1240. The van der Waals surface area contributed by atoms with Gasteiger partial charge in [0.15, 0.2) is 0 Å². The van der Waals surface area contributed by atoms with Crippen LogP contribution in [-0.4, -0.2) is 35.4 Å². The first-order valence-electron chi connectivity index (χ1n) is 11.2. The summed E-state index contributed by atoms with van der Waals surface area (Å²) >= 11 is 0. The van der Waals surface area contributed by atoms with Gasteiger partial charge in [-0.25, -0.2) is 0 Å². The van der Waals surface area contributed by atoms with Gasteiger partial charge in [0.1, 0.15) is 5.60 Å². The van der Waals surface area contributed by atoms with Crippen molar-refractivity contribution in [3.63, 3.8) is 0 Å². The van der Waals surface area contributed by atoms with Gasteiger partial charge in [-0.05, 0) is 68.7 Å². The molecule has 2 aliphatic rings. The molecule has 6 nitrogen and oxygen atoms in total. The molecule has 178 valence electrons. The monoisotopic (exact) mass is 470 g/mol. The van der Waals surface area contributed by atoms with Gasteiger partial charge in [-0.2, -0.15) is 18.3 Å². The first-order chi connectivity index (χ1) is 16.2. The van der Waals surface area contributed by atoms with E-state index in [1.165, 1.54) is 12.1 Å². The van der Waals surface area contributed by atoms with Crippen molar-refractivity contribution in [3.05, 3.63) is 59.8 Å². The Morgan fingerprint density at radius 2 is 2.00 bits per heavy atom. The second-order valence-electron chi connectivity index (χ2n) is 9.06. The van der Waals surface area contributed by atoms with Crippen LogP contribution in [0.4, 0.5) is 24.5 Å².